The van der Waals surface area contributed by atoms with Gasteiger partial charge in [-0.2, -0.15) is 0 Å². The van der Waals surface area contributed by atoms with E-state index in [1.165, 1.54) is 0 Å². The van der Waals surface area contributed by atoms with Gasteiger partial charge in [-0.05, 0) is 24.7 Å². The van der Waals surface area contributed by atoms with Crippen molar-refractivity contribution in [1.82, 2.24) is 0 Å². The molecule has 2 N–H and O–H groups in total. The Morgan fingerprint density at radius 3 is 1.42 bits per heavy atom. The highest BCUT2D eigenvalue weighted by molar-refractivity contribution is 7.91. The van der Waals surface area contributed by atoms with Gasteiger partial charge in [0, 0.05) is 5.41 Å². The molecule has 2 aliphatic rings. The lowest BCUT2D eigenvalue weighted by molar-refractivity contribution is -0.0287. The quantitative estimate of drug-likeness (QED) is 0.677. The zero-order valence-electron chi connectivity index (χ0n) is 10.7. The van der Waals surface area contributed by atoms with Crippen LogP contribution in [-0.2, 0) is 19.7 Å². The summed E-state index contributed by atoms with van der Waals surface area (Å²) in [6, 6.07) is 0. The molecule has 0 aromatic rings. The minimum atomic E-state index is -3.13. The van der Waals surface area contributed by atoms with Gasteiger partial charge in [0.25, 0.3) is 0 Å². The Balaban J connectivity index is 2.28. The van der Waals surface area contributed by atoms with Crippen molar-refractivity contribution in [3.63, 3.8) is 0 Å². The summed E-state index contributed by atoms with van der Waals surface area (Å²) in [5, 5.41) is 19.4. The van der Waals surface area contributed by atoms with Crippen LogP contribution in [0.5, 0.6) is 0 Å². The summed E-state index contributed by atoms with van der Waals surface area (Å²) in [6.07, 6.45) is 0.778. The summed E-state index contributed by atoms with van der Waals surface area (Å²) < 4.78 is 46.3. The van der Waals surface area contributed by atoms with Crippen molar-refractivity contribution in [2.45, 2.75) is 12.8 Å². The summed E-state index contributed by atoms with van der Waals surface area (Å²) in [5.74, 6) is -0.732. The third-order valence-corrected chi connectivity index (χ3v) is 8.22. The molecule has 19 heavy (non-hydrogen) atoms. The lowest BCUT2D eigenvalue weighted by Gasteiger charge is -2.40. The van der Waals surface area contributed by atoms with E-state index in [0.29, 0.717) is 12.8 Å². The molecule has 6 nitrogen and oxygen atoms in total. The Morgan fingerprint density at radius 1 is 0.842 bits per heavy atom. The molecular formula is C11H20O6S2. The maximum atomic E-state index is 11.6. The van der Waals surface area contributed by atoms with Crippen molar-refractivity contribution >= 4 is 19.7 Å². The van der Waals surface area contributed by atoms with E-state index < -0.39 is 25.1 Å². The SMILES string of the molecule is O=S1(=O)CCC(C(CO)(CO)C2CCS(=O)(=O)C2)C1. The Hall–Kier alpha value is -0.180. The van der Waals surface area contributed by atoms with Crippen molar-refractivity contribution in [1.29, 1.82) is 0 Å². The summed E-state index contributed by atoms with van der Waals surface area (Å²) in [4.78, 5) is 0. The number of hydrogen-bond acceptors (Lipinski definition) is 6. The van der Waals surface area contributed by atoms with Crippen molar-refractivity contribution in [2.75, 3.05) is 36.2 Å². The number of rotatable bonds is 4. The Morgan fingerprint density at radius 2 is 1.21 bits per heavy atom. The molecule has 2 saturated heterocycles. The fourth-order valence-electron chi connectivity index (χ4n) is 3.40. The van der Waals surface area contributed by atoms with Crippen molar-refractivity contribution in [3.05, 3.63) is 0 Å². The predicted octanol–water partition coefficient (Wildman–Crippen LogP) is -1.17. The van der Waals surface area contributed by atoms with Crippen LogP contribution in [0, 0.1) is 17.3 Å². The van der Waals surface area contributed by atoms with Gasteiger partial charge in [0.15, 0.2) is 19.7 Å². The van der Waals surface area contributed by atoms with E-state index in [1.54, 1.807) is 0 Å². The second-order valence-electron chi connectivity index (χ2n) is 5.75. The van der Waals surface area contributed by atoms with Crippen molar-refractivity contribution in [2.24, 2.45) is 17.3 Å². The first-order chi connectivity index (χ1) is 8.75. The van der Waals surface area contributed by atoms with Crippen LogP contribution < -0.4 is 0 Å². The van der Waals surface area contributed by atoms with Crippen molar-refractivity contribution in [3.8, 4) is 0 Å². The molecule has 2 atom stereocenters. The maximum absolute atomic E-state index is 11.6. The van der Waals surface area contributed by atoms with Crippen LogP contribution in [-0.4, -0.2) is 63.3 Å². The lowest BCUT2D eigenvalue weighted by atomic mass is 9.67. The molecule has 8 heteroatoms. The summed E-state index contributed by atoms with van der Waals surface area (Å²) in [7, 11) is -6.26. The van der Waals surface area contributed by atoms with Gasteiger partial charge in [-0.3, -0.25) is 0 Å². The van der Waals surface area contributed by atoms with E-state index in [0.717, 1.165) is 0 Å². The molecule has 0 radical (unpaired) electrons. The average molecular weight is 312 g/mol. The van der Waals surface area contributed by atoms with Gasteiger partial charge in [0.05, 0.1) is 36.2 Å². The third-order valence-electron chi connectivity index (χ3n) is 4.68. The van der Waals surface area contributed by atoms with Crippen molar-refractivity contribution < 1.29 is 27.0 Å². The van der Waals surface area contributed by atoms with E-state index in [4.69, 9.17) is 0 Å². The Bertz CT molecular complexity index is 486. The van der Waals surface area contributed by atoms with Gasteiger partial charge >= 0.3 is 0 Å². The first-order valence-corrected chi connectivity index (χ1v) is 10.0. The van der Waals surface area contributed by atoms with Gasteiger partial charge < -0.3 is 10.2 Å². The molecule has 2 heterocycles. The number of sulfone groups is 2. The van der Waals surface area contributed by atoms with Gasteiger partial charge in [0.1, 0.15) is 0 Å². The Kier molecular flexibility index (Phi) is 3.99. The Labute approximate surface area is 113 Å². The first-order valence-electron chi connectivity index (χ1n) is 6.37. The highest BCUT2D eigenvalue weighted by Gasteiger charge is 2.51. The molecule has 0 spiro atoms. The van der Waals surface area contributed by atoms with Gasteiger partial charge in [-0.1, -0.05) is 0 Å². The highest BCUT2D eigenvalue weighted by Crippen LogP contribution is 2.45. The molecule has 2 unspecified atom stereocenters. The van der Waals surface area contributed by atoms with E-state index in [2.05, 4.69) is 0 Å². The normalized spacial score (nSPS) is 33.6. The van der Waals surface area contributed by atoms with Crippen LogP contribution in [0.15, 0.2) is 0 Å². The van der Waals surface area contributed by atoms with E-state index in [-0.39, 0.29) is 48.1 Å². The topological polar surface area (TPSA) is 109 Å². The van der Waals surface area contributed by atoms with Gasteiger partial charge in [-0.25, -0.2) is 16.8 Å². The highest BCUT2D eigenvalue weighted by atomic mass is 32.2. The average Bonchev–Trinajstić information content (AvgIpc) is 2.85. The van der Waals surface area contributed by atoms with Crippen LogP contribution in [0.3, 0.4) is 0 Å². The van der Waals surface area contributed by atoms with Crippen LogP contribution in [0.2, 0.25) is 0 Å². The number of hydrogen-bond donors (Lipinski definition) is 2. The smallest absolute Gasteiger partial charge is 0.150 e. The van der Waals surface area contributed by atoms with Gasteiger partial charge in [0.2, 0.25) is 0 Å². The molecule has 112 valence electrons. The standard InChI is InChI=1S/C11H20O6S2/c12-7-11(8-13,9-1-3-18(14,15)5-9)10-2-4-19(16,17)6-10/h9-10,12-13H,1-8H2. The van der Waals surface area contributed by atoms with Crippen LogP contribution in [0.25, 0.3) is 0 Å². The zero-order valence-corrected chi connectivity index (χ0v) is 12.3. The predicted molar refractivity (Wildman–Crippen MR) is 70.1 cm³/mol. The minimum absolute atomic E-state index is 0.0545. The maximum Gasteiger partial charge on any atom is 0.150 e. The summed E-state index contributed by atoms with van der Waals surface area (Å²) >= 11 is 0. The lowest BCUT2D eigenvalue weighted by Crippen LogP contribution is -2.46. The van der Waals surface area contributed by atoms with Crippen LogP contribution >= 0.6 is 0 Å². The summed E-state index contributed by atoms with van der Waals surface area (Å²) in [6.45, 7) is -0.742. The molecule has 0 saturated carbocycles. The van der Waals surface area contributed by atoms with E-state index in [1.807, 2.05) is 0 Å². The molecule has 0 bridgehead atoms. The van der Waals surface area contributed by atoms with Crippen LogP contribution in [0.4, 0.5) is 0 Å². The number of aliphatic hydroxyl groups excluding tert-OH is 2. The second-order valence-corrected chi connectivity index (χ2v) is 10.2. The molecule has 2 aliphatic heterocycles. The molecule has 0 amide bonds. The zero-order chi connectivity index (χ0) is 14.3. The molecular weight excluding hydrogens is 292 g/mol. The molecule has 0 aliphatic carbocycles. The second kappa shape index (κ2) is 4.98. The fourth-order valence-corrected chi connectivity index (χ4v) is 7.24. The first kappa shape index (κ1) is 15.2. The molecule has 2 fully saturated rings. The summed E-state index contributed by atoms with van der Waals surface area (Å²) in [5.41, 5.74) is -0.993. The van der Waals surface area contributed by atoms with E-state index >= 15 is 0 Å². The fraction of sp³-hybridized carbons (Fsp3) is 1.00. The molecule has 0 aromatic carbocycles. The molecule has 0 aromatic heterocycles. The monoisotopic (exact) mass is 312 g/mol. The van der Waals surface area contributed by atoms with E-state index in [9.17, 15) is 27.0 Å². The third kappa shape index (κ3) is 2.81. The van der Waals surface area contributed by atoms with Crippen LogP contribution in [0.1, 0.15) is 12.8 Å². The number of aliphatic hydroxyl groups is 2. The van der Waals surface area contributed by atoms with Gasteiger partial charge in [-0.15, -0.1) is 0 Å². The largest absolute Gasteiger partial charge is 0.396 e. The molecule has 2 rings (SSSR count). The minimum Gasteiger partial charge on any atom is -0.396 e.